The second-order valence-corrected chi connectivity index (χ2v) is 8.56. The smallest absolute Gasteiger partial charge is 0.223 e. The van der Waals surface area contributed by atoms with Gasteiger partial charge in [0, 0.05) is 50.4 Å². The van der Waals surface area contributed by atoms with Crippen LogP contribution in [-0.2, 0) is 29.0 Å². The second-order valence-electron chi connectivity index (χ2n) is 7.50. The lowest BCUT2D eigenvalue weighted by molar-refractivity contribution is -0.129. The fourth-order valence-electron chi connectivity index (χ4n) is 3.86. The van der Waals surface area contributed by atoms with E-state index in [4.69, 9.17) is 4.98 Å². The van der Waals surface area contributed by atoms with E-state index in [-0.39, 0.29) is 17.7 Å². The molecule has 28 heavy (non-hydrogen) atoms. The van der Waals surface area contributed by atoms with Crippen molar-refractivity contribution in [3.05, 3.63) is 46.5 Å². The highest BCUT2D eigenvalue weighted by molar-refractivity contribution is 7.15. The van der Waals surface area contributed by atoms with Crippen molar-refractivity contribution in [2.24, 2.45) is 5.92 Å². The monoisotopic (exact) mass is 398 g/mol. The standard InChI is InChI=1S/C21H26N4O2S/c1-15(26)24-9-11-25(12-10-24)21-23-18-8-7-17(13-19(18)28-21)20(27)22-14-16-5-3-2-4-6-16/h2-6,17H,7-14H2,1H3,(H,22,27)/t17-/m0/s1. The number of aromatic nitrogens is 1. The Morgan fingerprint density at radius 3 is 2.64 bits per heavy atom. The summed E-state index contributed by atoms with van der Waals surface area (Å²) >= 11 is 1.72. The van der Waals surface area contributed by atoms with Gasteiger partial charge in [0.05, 0.1) is 5.69 Å². The number of benzene rings is 1. The summed E-state index contributed by atoms with van der Waals surface area (Å²) in [5.74, 6) is 0.307. The van der Waals surface area contributed by atoms with Crippen LogP contribution in [0.4, 0.5) is 5.13 Å². The van der Waals surface area contributed by atoms with E-state index in [1.165, 1.54) is 4.88 Å². The van der Waals surface area contributed by atoms with Crippen LogP contribution in [0.1, 0.15) is 29.5 Å². The molecule has 2 heterocycles. The van der Waals surface area contributed by atoms with E-state index in [0.29, 0.717) is 6.54 Å². The zero-order chi connectivity index (χ0) is 19.5. The van der Waals surface area contributed by atoms with Crippen LogP contribution in [0, 0.1) is 5.92 Å². The Hall–Kier alpha value is -2.41. The molecule has 1 saturated heterocycles. The lowest BCUT2D eigenvalue weighted by atomic mass is 9.90. The summed E-state index contributed by atoms with van der Waals surface area (Å²) in [5.41, 5.74) is 2.28. The lowest BCUT2D eigenvalue weighted by Crippen LogP contribution is -2.48. The highest BCUT2D eigenvalue weighted by Gasteiger charge is 2.29. The summed E-state index contributed by atoms with van der Waals surface area (Å²) < 4.78 is 0. The summed E-state index contributed by atoms with van der Waals surface area (Å²) in [6.07, 6.45) is 2.50. The van der Waals surface area contributed by atoms with Gasteiger partial charge < -0.3 is 15.1 Å². The number of nitrogens with one attached hydrogen (secondary N) is 1. The van der Waals surface area contributed by atoms with E-state index in [1.54, 1.807) is 18.3 Å². The maximum atomic E-state index is 12.6. The van der Waals surface area contributed by atoms with E-state index >= 15 is 0 Å². The molecule has 7 heteroatoms. The van der Waals surface area contributed by atoms with E-state index in [2.05, 4.69) is 10.2 Å². The Bertz CT molecular complexity index is 843. The lowest BCUT2D eigenvalue weighted by Gasteiger charge is -2.33. The number of amides is 2. The summed E-state index contributed by atoms with van der Waals surface area (Å²) in [4.78, 5) is 34.4. The highest BCUT2D eigenvalue weighted by Crippen LogP contribution is 2.34. The number of aryl methyl sites for hydroxylation is 1. The van der Waals surface area contributed by atoms with Gasteiger partial charge in [-0.1, -0.05) is 30.3 Å². The highest BCUT2D eigenvalue weighted by atomic mass is 32.1. The number of hydrogen-bond acceptors (Lipinski definition) is 5. The molecule has 0 unspecified atom stereocenters. The number of rotatable bonds is 4. The molecule has 2 aliphatic rings. The van der Waals surface area contributed by atoms with Crippen LogP contribution < -0.4 is 10.2 Å². The molecule has 0 spiro atoms. The first-order valence-corrected chi connectivity index (χ1v) is 10.7. The van der Waals surface area contributed by atoms with E-state index in [0.717, 1.165) is 61.8 Å². The molecule has 1 aliphatic heterocycles. The van der Waals surface area contributed by atoms with Crippen LogP contribution in [0.2, 0.25) is 0 Å². The summed E-state index contributed by atoms with van der Waals surface area (Å²) in [7, 11) is 0. The van der Waals surface area contributed by atoms with Gasteiger partial charge in [0.25, 0.3) is 0 Å². The number of thiazole rings is 1. The molecule has 0 saturated carbocycles. The molecule has 1 fully saturated rings. The molecule has 1 atom stereocenters. The maximum Gasteiger partial charge on any atom is 0.223 e. The third kappa shape index (κ3) is 4.19. The number of anilines is 1. The van der Waals surface area contributed by atoms with Gasteiger partial charge in [-0.05, 0) is 24.8 Å². The SMILES string of the molecule is CC(=O)N1CCN(c2nc3c(s2)C[C@@H](C(=O)NCc2ccccc2)CC3)CC1. The average Bonchev–Trinajstić information content (AvgIpc) is 3.16. The summed E-state index contributed by atoms with van der Waals surface area (Å²) in [5, 5.41) is 4.12. The van der Waals surface area contributed by atoms with Crippen molar-refractivity contribution in [2.45, 2.75) is 32.7 Å². The minimum Gasteiger partial charge on any atom is -0.352 e. The van der Waals surface area contributed by atoms with Crippen LogP contribution in [0.25, 0.3) is 0 Å². The van der Waals surface area contributed by atoms with Crippen LogP contribution in [-0.4, -0.2) is 47.9 Å². The first-order chi connectivity index (χ1) is 13.6. The van der Waals surface area contributed by atoms with Gasteiger partial charge in [-0.3, -0.25) is 9.59 Å². The Morgan fingerprint density at radius 2 is 1.93 bits per heavy atom. The van der Waals surface area contributed by atoms with E-state index in [1.807, 2.05) is 35.2 Å². The van der Waals surface area contributed by atoms with Crippen molar-refractivity contribution in [3.8, 4) is 0 Å². The predicted octanol–water partition coefficient (Wildman–Crippen LogP) is 2.23. The van der Waals surface area contributed by atoms with Gasteiger partial charge in [0.15, 0.2) is 5.13 Å². The fraction of sp³-hybridized carbons (Fsp3) is 0.476. The van der Waals surface area contributed by atoms with Crippen molar-refractivity contribution in [3.63, 3.8) is 0 Å². The minimum atomic E-state index is 0.0269. The second kappa shape index (κ2) is 8.31. The molecule has 1 N–H and O–H groups in total. The molecule has 0 radical (unpaired) electrons. The zero-order valence-electron chi connectivity index (χ0n) is 16.2. The maximum absolute atomic E-state index is 12.6. The fourth-order valence-corrected chi connectivity index (χ4v) is 5.10. The van der Waals surface area contributed by atoms with Crippen molar-refractivity contribution >= 4 is 28.3 Å². The number of nitrogens with zero attached hydrogens (tertiary/aromatic N) is 3. The normalized spacial score (nSPS) is 19.2. The summed E-state index contributed by atoms with van der Waals surface area (Å²) in [6, 6.07) is 10.0. The minimum absolute atomic E-state index is 0.0269. The van der Waals surface area contributed by atoms with Crippen LogP contribution in [0.15, 0.2) is 30.3 Å². The van der Waals surface area contributed by atoms with Crippen molar-refractivity contribution in [1.29, 1.82) is 0 Å². The van der Waals surface area contributed by atoms with Crippen LogP contribution in [0.5, 0.6) is 0 Å². The predicted molar refractivity (Wildman–Crippen MR) is 110 cm³/mol. The Labute approximate surface area is 169 Å². The molecular formula is C21H26N4O2S. The molecule has 6 nitrogen and oxygen atoms in total. The zero-order valence-corrected chi connectivity index (χ0v) is 17.0. The quantitative estimate of drug-likeness (QED) is 0.858. The Balaban J connectivity index is 1.34. The van der Waals surface area contributed by atoms with Gasteiger partial charge >= 0.3 is 0 Å². The molecule has 0 bridgehead atoms. The number of piperazine rings is 1. The van der Waals surface area contributed by atoms with E-state index in [9.17, 15) is 9.59 Å². The molecule has 2 amide bonds. The number of carbonyl (C=O) groups is 2. The largest absolute Gasteiger partial charge is 0.352 e. The molecule has 1 aromatic heterocycles. The van der Waals surface area contributed by atoms with Gasteiger partial charge in [-0.15, -0.1) is 11.3 Å². The molecule has 1 aromatic carbocycles. The topological polar surface area (TPSA) is 65.5 Å². The molecule has 1 aliphatic carbocycles. The third-order valence-corrected chi connectivity index (χ3v) is 6.78. The van der Waals surface area contributed by atoms with Crippen molar-refractivity contribution in [1.82, 2.24) is 15.2 Å². The first kappa shape index (κ1) is 18.9. The molecule has 148 valence electrons. The third-order valence-electron chi connectivity index (χ3n) is 5.60. The van der Waals surface area contributed by atoms with E-state index < -0.39 is 0 Å². The van der Waals surface area contributed by atoms with Gasteiger partial charge in [-0.25, -0.2) is 4.98 Å². The molecular weight excluding hydrogens is 372 g/mol. The van der Waals surface area contributed by atoms with Gasteiger partial charge in [0.1, 0.15) is 0 Å². The van der Waals surface area contributed by atoms with Crippen LogP contribution >= 0.6 is 11.3 Å². The number of carbonyl (C=O) groups excluding carboxylic acids is 2. The Morgan fingerprint density at radius 1 is 1.18 bits per heavy atom. The first-order valence-electron chi connectivity index (χ1n) is 9.91. The Kier molecular flexibility index (Phi) is 5.62. The van der Waals surface area contributed by atoms with Crippen molar-refractivity contribution in [2.75, 3.05) is 31.1 Å². The van der Waals surface area contributed by atoms with Crippen LogP contribution in [0.3, 0.4) is 0 Å². The average molecular weight is 399 g/mol. The number of hydrogen-bond donors (Lipinski definition) is 1. The van der Waals surface area contributed by atoms with Gasteiger partial charge in [-0.2, -0.15) is 0 Å². The summed E-state index contributed by atoms with van der Waals surface area (Å²) in [6.45, 7) is 5.37. The molecule has 2 aromatic rings. The van der Waals surface area contributed by atoms with Gasteiger partial charge in [0.2, 0.25) is 11.8 Å². The van der Waals surface area contributed by atoms with Crippen molar-refractivity contribution < 1.29 is 9.59 Å². The molecule has 4 rings (SSSR count). The number of fused-ring (bicyclic) bond motifs is 1.